The van der Waals surface area contributed by atoms with Crippen molar-refractivity contribution >= 4 is 23.8 Å². The van der Waals surface area contributed by atoms with Crippen LogP contribution in [0.15, 0.2) is 66.0 Å². The normalized spacial score (nSPS) is 24.6. The summed E-state index contributed by atoms with van der Waals surface area (Å²) in [5.74, 6) is 0. The average molecular weight is 263 g/mol. The maximum Gasteiger partial charge on any atom is 0.0482 e. The molecule has 0 amide bonds. The van der Waals surface area contributed by atoms with Crippen molar-refractivity contribution in [1.29, 1.82) is 0 Å². The summed E-state index contributed by atoms with van der Waals surface area (Å²) in [7, 11) is -0.680. The van der Waals surface area contributed by atoms with E-state index >= 15 is 0 Å². The van der Waals surface area contributed by atoms with Gasteiger partial charge in [-0.05, 0) is 29.9 Å². The van der Waals surface area contributed by atoms with Gasteiger partial charge in [0.05, 0.1) is 0 Å². The molecule has 0 saturated carbocycles. The van der Waals surface area contributed by atoms with Crippen LogP contribution in [0.5, 0.6) is 0 Å². The third-order valence-electron chi connectivity index (χ3n) is 2.69. The second-order valence-electron chi connectivity index (χ2n) is 3.98. The first kappa shape index (κ1) is 12.6. The van der Waals surface area contributed by atoms with E-state index in [1.54, 1.807) is 0 Å². The van der Waals surface area contributed by atoms with Crippen LogP contribution in [0.25, 0.3) is 0 Å². The van der Waals surface area contributed by atoms with Gasteiger partial charge in [0.2, 0.25) is 0 Å². The third-order valence-corrected chi connectivity index (χ3v) is 5.55. The van der Waals surface area contributed by atoms with Crippen LogP contribution < -0.4 is 5.30 Å². The Labute approximate surface area is 109 Å². The summed E-state index contributed by atoms with van der Waals surface area (Å²) in [5, 5.41) is 2.61. The first-order valence-corrected chi connectivity index (χ1v) is 8.16. The van der Waals surface area contributed by atoms with Crippen LogP contribution in [0.2, 0.25) is 0 Å². The molecule has 0 N–H and O–H groups in total. The fraction of sp³-hybridized carbons (Fsp3) is 0.200. The Bertz CT molecular complexity index is 431. The average Bonchev–Trinajstić information content (AvgIpc) is 2.52. The molecule has 0 spiro atoms. The Morgan fingerprint density at radius 2 is 1.82 bits per heavy atom. The molecule has 0 bridgehead atoms. The summed E-state index contributed by atoms with van der Waals surface area (Å²) < 4.78 is 0. The molecule has 88 valence electrons. The Balaban J connectivity index is 2.17. The van der Waals surface area contributed by atoms with Gasteiger partial charge in [0, 0.05) is 7.27 Å². The monoisotopic (exact) mass is 262 g/mol. The van der Waals surface area contributed by atoms with Crippen molar-refractivity contribution in [1.82, 2.24) is 0 Å². The smallest absolute Gasteiger partial charge is 0.0482 e. The predicted molar refractivity (Wildman–Crippen MR) is 79.1 cm³/mol. The number of hydrogen-bond acceptors (Lipinski definition) is 0. The Hall–Kier alpha value is -0.840. The van der Waals surface area contributed by atoms with Crippen LogP contribution in [-0.2, 0) is 0 Å². The second kappa shape index (κ2) is 6.79. The van der Waals surface area contributed by atoms with E-state index in [-0.39, 0.29) is 0 Å². The molecule has 1 aliphatic carbocycles. The van der Waals surface area contributed by atoms with Crippen molar-refractivity contribution in [2.75, 3.05) is 0 Å². The van der Waals surface area contributed by atoms with Gasteiger partial charge in [-0.2, -0.15) is 0 Å². The number of hydrogen-bond donors (Lipinski definition) is 0. The van der Waals surface area contributed by atoms with Crippen LogP contribution in [0.3, 0.4) is 0 Å². The van der Waals surface area contributed by atoms with Gasteiger partial charge in [0.25, 0.3) is 0 Å². The topological polar surface area (TPSA) is 0 Å². The maximum absolute atomic E-state index is 6.61. The molecule has 1 atom stereocenters. The molecule has 0 heterocycles. The highest BCUT2D eigenvalue weighted by molar-refractivity contribution is 7.93. The van der Waals surface area contributed by atoms with Crippen molar-refractivity contribution in [2.45, 2.75) is 19.3 Å². The minimum Gasteiger partial charge on any atom is -0.0862 e. The molecule has 1 aromatic carbocycles. The van der Waals surface area contributed by atoms with Gasteiger partial charge in [-0.1, -0.05) is 72.0 Å². The SMILES string of the molecule is ClP(/C1=C/C=C\C=C\CCC1)c1ccccc1. The van der Waals surface area contributed by atoms with E-state index in [0.29, 0.717) is 0 Å². The van der Waals surface area contributed by atoms with Crippen molar-refractivity contribution in [2.24, 2.45) is 0 Å². The van der Waals surface area contributed by atoms with Gasteiger partial charge in [-0.25, -0.2) is 0 Å². The zero-order chi connectivity index (χ0) is 11.9. The summed E-state index contributed by atoms with van der Waals surface area (Å²) in [6.07, 6.45) is 14.1. The highest BCUT2D eigenvalue weighted by Gasteiger charge is 2.12. The zero-order valence-electron chi connectivity index (χ0n) is 9.72. The summed E-state index contributed by atoms with van der Waals surface area (Å²) in [4.78, 5) is 0. The maximum atomic E-state index is 6.61. The summed E-state index contributed by atoms with van der Waals surface area (Å²) in [6.45, 7) is 0. The van der Waals surface area contributed by atoms with Crippen molar-refractivity contribution in [3.63, 3.8) is 0 Å². The molecule has 1 aliphatic rings. The summed E-state index contributed by atoms with van der Waals surface area (Å²) in [5.41, 5.74) is 0. The lowest BCUT2D eigenvalue weighted by molar-refractivity contribution is 0.860. The number of allylic oxidation sites excluding steroid dienone is 6. The molecular weight excluding hydrogens is 247 g/mol. The van der Waals surface area contributed by atoms with E-state index in [2.05, 4.69) is 54.6 Å². The van der Waals surface area contributed by atoms with Gasteiger partial charge in [-0.3, -0.25) is 0 Å². The van der Waals surface area contributed by atoms with Crippen LogP contribution >= 0.6 is 18.5 Å². The molecule has 0 aliphatic heterocycles. The molecular formula is C15H16ClP. The lowest BCUT2D eigenvalue weighted by Gasteiger charge is -2.13. The standard InChI is InChI=1S/C15H16ClP/c16-17(15-12-8-5-9-13-15)14-10-6-3-1-2-4-7-11-14/h1-3,5-6,8-10,12-13H,4,7,11H2/b2-1+,6-3-,14-10+. The molecule has 1 aromatic rings. The second-order valence-corrected chi connectivity index (χ2v) is 6.65. The summed E-state index contributed by atoms with van der Waals surface area (Å²) >= 11 is 6.61. The van der Waals surface area contributed by atoms with E-state index < -0.39 is 7.27 Å². The Morgan fingerprint density at radius 3 is 2.65 bits per heavy atom. The minimum atomic E-state index is -0.680. The zero-order valence-corrected chi connectivity index (χ0v) is 11.4. The van der Waals surface area contributed by atoms with Crippen LogP contribution in [0.1, 0.15) is 19.3 Å². The van der Waals surface area contributed by atoms with E-state index in [0.717, 1.165) is 12.8 Å². The molecule has 0 fully saturated rings. The van der Waals surface area contributed by atoms with E-state index in [1.807, 2.05) is 6.07 Å². The fourth-order valence-electron chi connectivity index (χ4n) is 1.78. The van der Waals surface area contributed by atoms with Crippen LogP contribution in [-0.4, -0.2) is 0 Å². The van der Waals surface area contributed by atoms with E-state index in [9.17, 15) is 0 Å². The molecule has 17 heavy (non-hydrogen) atoms. The molecule has 0 aromatic heterocycles. The fourth-order valence-corrected chi connectivity index (χ4v) is 3.88. The Morgan fingerprint density at radius 1 is 1.00 bits per heavy atom. The van der Waals surface area contributed by atoms with Crippen LogP contribution in [0.4, 0.5) is 0 Å². The quantitative estimate of drug-likeness (QED) is 0.648. The number of rotatable bonds is 2. The van der Waals surface area contributed by atoms with Gasteiger partial charge in [0.15, 0.2) is 0 Å². The highest BCUT2D eigenvalue weighted by atomic mass is 35.7. The lowest BCUT2D eigenvalue weighted by atomic mass is 10.2. The van der Waals surface area contributed by atoms with E-state index in [1.165, 1.54) is 17.0 Å². The lowest BCUT2D eigenvalue weighted by Crippen LogP contribution is -1.97. The molecule has 2 rings (SSSR count). The van der Waals surface area contributed by atoms with Gasteiger partial charge >= 0.3 is 0 Å². The minimum absolute atomic E-state index is 0.680. The van der Waals surface area contributed by atoms with E-state index in [4.69, 9.17) is 11.2 Å². The first-order chi connectivity index (χ1) is 8.38. The predicted octanol–water partition coefficient (Wildman–Crippen LogP) is 5.13. The van der Waals surface area contributed by atoms with Gasteiger partial charge in [-0.15, -0.1) is 0 Å². The molecule has 1 unspecified atom stereocenters. The number of benzene rings is 1. The first-order valence-electron chi connectivity index (χ1n) is 5.91. The van der Waals surface area contributed by atoms with Crippen molar-refractivity contribution in [3.05, 3.63) is 66.0 Å². The molecule has 0 radical (unpaired) electrons. The van der Waals surface area contributed by atoms with Gasteiger partial charge < -0.3 is 0 Å². The Kier molecular flexibility index (Phi) is 5.04. The molecule has 2 heteroatoms. The molecule has 0 nitrogen and oxygen atoms in total. The van der Waals surface area contributed by atoms with Crippen molar-refractivity contribution < 1.29 is 0 Å². The largest absolute Gasteiger partial charge is 0.0862 e. The van der Waals surface area contributed by atoms with Crippen LogP contribution in [0, 0.1) is 0 Å². The molecule has 0 saturated heterocycles. The number of halogens is 1. The summed E-state index contributed by atoms with van der Waals surface area (Å²) in [6, 6.07) is 10.4. The third kappa shape index (κ3) is 3.84. The van der Waals surface area contributed by atoms with Gasteiger partial charge in [0.1, 0.15) is 0 Å². The highest BCUT2D eigenvalue weighted by Crippen LogP contribution is 2.50. The van der Waals surface area contributed by atoms with Crippen molar-refractivity contribution in [3.8, 4) is 0 Å².